The molecule has 0 amide bonds. The Kier molecular flexibility index (Phi) is 3.33. The lowest BCUT2D eigenvalue weighted by molar-refractivity contribution is -0.131. The molecule has 0 saturated carbocycles. The summed E-state index contributed by atoms with van der Waals surface area (Å²) in [6.45, 7) is 1.50. The van der Waals surface area contributed by atoms with E-state index >= 15 is 0 Å². The van der Waals surface area contributed by atoms with Crippen LogP contribution in [0, 0.1) is 0 Å². The number of rotatable bonds is 4. The Labute approximate surface area is 92.5 Å². The fraction of sp³-hybridized carbons (Fsp3) is 0.400. The Hall–Kier alpha value is -1.66. The van der Waals surface area contributed by atoms with E-state index in [1.54, 1.807) is 10.8 Å². The summed E-state index contributed by atoms with van der Waals surface area (Å²) in [5.74, 6) is -0.944. The van der Waals surface area contributed by atoms with Crippen molar-refractivity contribution in [2.24, 2.45) is 0 Å². The number of nitrogens with zero attached hydrogens (tertiary/aromatic N) is 2. The largest absolute Gasteiger partial charge is 0.478 e. The first-order chi connectivity index (χ1) is 7.75. The van der Waals surface area contributed by atoms with Crippen LogP contribution < -0.4 is 5.32 Å². The van der Waals surface area contributed by atoms with Crippen LogP contribution in [0.2, 0.25) is 0 Å². The molecule has 0 spiro atoms. The van der Waals surface area contributed by atoms with Gasteiger partial charge in [-0.05, 0) is 6.07 Å². The van der Waals surface area contributed by atoms with Gasteiger partial charge in [0, 0.05) is 25.2 Å². The van der Waals surface area contributed by atoms with Gasteiger partial charge in [0.15, 0.2) is 0 Å². The Morgan fingerprint density at radius 3 is 3.38 bits per heavy atom. The molecular formula is C10H13N3O3. The fourth-order valence-electron chi connectivity index (χ4n) is 1.48. The quantitative estimate of drug-likeness (QED) is 0.710. The minimum Gasteiger partial charge on any atom is -0.478 e. The number of allylic oxidation sites excluding steroid dienone is 1. The van der Waals surface area contributed by atoms with Crippen LogP contribution in [0.1, 0.15) is 12.0 Å². The van der Waals surface area contributed by atoms with Gasteiger partial charge in [0.25, 0.3) is 0 Å². The second kappa shape index (κ2) is 4.91. The van der Waals surface area contributed by atoms with Gasteiger partial charge in [-0.15, -0.1) is 0 Å². The molecule has 1 aliphatic heterocycles. The summed E-state index contributed by atoms with van der Waals surface area (Å²) in [4.78, 5) is 10.3. The average Bonchev–Trinajstić information content (AvgIpc) is 2.85. The van der Waals surface area contributed by atoms with Crippen LogP contribution in [0.5, 0.6) is 0 Å². The second-order valence-electron chi connectivity index (χ2n) is 3.41. The molecule has 16 heavy (non-hydrogen) atoms. The topological polar surface area (TPSA) is 76.4 Å². The molecule has 0 bridgehead atoms. The number of carboxylic acid groups (broad SMARTS) is 1. The van der Waals surface area contributed by atoms with Gasteiger partial charge in [-0.3, -0.25) is 5.32 Å². The maximum atomic E-state index is 10.3. The van der Waals surface area contributed by atoms with E-state index in [9.17, 15) is 4.79 Å². The van der Waals surface area contributed by atoms with Crippen LogP contribution >= 0.6 is 0 Å². The number of carboxylic acids is 1. The molecule has 2 N–H and O–H groups in total. The maximum absolute atomic E-state index is 10.3. The number of hydrogen-bond donors (Lipinski definition) is 2. The zero-order valence-electron chi connectivity index (χ0n) is 8.67. The Morgan fingerprint density at radius 2 is 2.69 bits per heavy atom. The van der Waals surface area contributed by atoms with Gasteiger partial charge < -0.3 is 9.84 Å². The number of nitrogens with one attached hydrogen (secondary N) is 1. The monoisotopic (exact) mass is 223 g/mol. The highest BCUT2D eigenvalue weighted by atomic mass is 16.5. The van der Waals surface area contributed by atoms with Crippen molar-refractivity contribution in [1.29, 1.82) is 0 Å². The molecule has 1 aliphatic rings. The number of ether oxygens (including phenoxy) is 1. The third-order valence-electron chi connectivity index (χ3n) is 2.19. The van der Waals surface area contributed by atoms with Gasteiger partial charge in [0.1, 0.15) is 0 Å². The smallest absolute Gasteiger partial charge is 0.327 e. The number of aromatic nitrogens is 2. The molecule has 2 heterocycles. The first-order valence-corrected chi connectivity index (χ1v) is 5.04. The summed E-state index contributed by atoms with van der Waals surface area (Å²) in [5, 5.41) is 15.8. The second-order valence-corrected chi connectivity index (χ2v) is 3.41. The zero-order valence-corrected chi connectivity index (χ0v) is 8.67. The van der Waals surface area contributed by atoms with Gasteiger partial charge in [0.2, 0.25) is 6.35 Å². The number of carbonyl (C=O) groups is 1. The normalized spacial score (nSPS) is 20.6. The lowest BCUT2D eigenvalue weighted by Gasteiger charge is -2.09. The van der Waals surface area contributed by atoms with Crippen LogP contribution in [0.25, 0.3) is 0 Å². The molecule has 1 atom stereocenters. The van der Waals surface area contributed by atoms with Crippen LogP contribution in [-0.2, 0) is 16.0 Å². The van der Waals surface area contributed by atoms with Gasteiger partial charge >= 0.3 is 5.97 Å². The van der Waals surface area contributed by atoms with E-state index in [4.69, 9.17) is 9.84 Å². The van der Waals surface area contributed by atoms with Crippen molar-refractivity contribution in [3.63, 3.8) is 0 Å². The molecule has 0 aromatic carbocycles. The van der Waals surface area contributed by atoms with E-state index in [-0.39, 0.29) is 6.35 Å². The van der Waals surface area contributed by atoms with Gasteiger partial charge in [-0.1, -0.05) is 6.08 Å². The average molecular weight is 223 g/mol. The summed E-state index contributed by atoms with van der Waals surface area (Å²) in [6.07, 6.45) is 4.80. The summed E-state index contributed by atoms with van der Waals surface area (Å²) in [6, 6.07) is 1.84. The summed E-state index contributed by atoms with van der Waals surface area (Å²) in [5.41, 5.74) is 0.815. The minimum atomic E-state index is -0.944. The minimum absolute atomic E-state index is 0.197. The molecule has 1 saturated heterocycles. The van der Waals surface area contributed by atoms with E-state index in [2.05, 4.69) is 10.4 Å². The predicted molar refractivity (Wildman–Crippen MR) is 55.7 cm³/mol. The Balaban J connectivity index is 1.94. The van der Waals surface area contributed by atoms with E-state index in [0.717, 1.165) is 18.3 Å². The molecule has 1 unspecified atom stereocenters. The van der Waals surface area contributed by atoms with E-state index in [0.29, 0.717) is 13.0 Å². The van der Waals surface area contributed by atoms with E-state index in [1.807, 2.05) is 12.3 Å². The number of hydrogen-bond acceptors (Lipinski definition) is 4. The molecule has 1 aromatic rings. The standard InChI is InChI=1S/C10H13N3O3/c14-9(15)3-1-2-8-4-6-13(12-8)10-11-5-7-16-10/h1,3-4,6,10-11H,2,5,7H2,(H,14,15)/b3-1+. The third kappa shape index (κ3) is 2.68. The van der Waals surface area contributed by atoms with E-state index < -0.39 is 5.97 Å². The third-order valence-corrected chi connectivity index (χ3v) is 2.19. The SMILES string of the molecule is O=C(O)/C=C/Cc1ccn(C2NCCO2)n1. The fourth-order valence-corrected chi connectivity index (χ4v) is 1.48. The zero-order chi connectivity index (χ0) is 11.4. The lowest BCUT2D eigenvalue weighted by atomic mass is 10.3. The van der Waals surface area contributed by atoms with Gasteiger partial charge in [-0.25, -0.2) is 9.48 Å². The lowest BCUT2D eigenvalue weighted by Crippen LogP contribution is -2.21. The highest BCUT2D eigenvalue weighted by molar-refractivity contribution is 5.79. The predicted octanol–water partition coefficient (Wildman–Crippen LogP) is 0.142. The Bertz CT molecular complexity index is 394. The van der Waals surface area contributed by atoms with Crippen molar-refractivity contribution in [3.05, 3.63) is 30.1 Å². The molecule has 1 aromatic heterocycles. The first-order valence-electron chi connectivity index (χ1n) is 5.04. The highest BCUT2D eigenvalue weighted by Gasteiger charge is 2.16. The molecule has 0 radical (unpaired) electrons. The maximum Gasteiger partial charge on any atom is 0.327 e. The van der Waals surface area contributed by atoms with Crippen molar-refractivity contribution < 1.29 is 14.6 Å². The van der Waals surface area contributed by atoms with Crippen LogP contribution in [-0.4, -0.2) is 34.0 Å². The van der Waals surface area contributed by atoms with Crippen molar-refractivity contribution in [3.8, 4) is 0 Å². The van der Waals surface area contributed by atoms with Crippen molar-refractivity contribution >= 4 is 5.97 Å². The highest BCUT2D eigenvalue weighted by Crippen LogP contribution is 2.09. The summed E-state index contributed by atoms with van der Waals surface area (Å²) in [7, 11) is 0. The Morgan fingerprint density at radius 1 is 1.81 bits per heavy atom. The van der Waals surface area contributed by atoms with Crippen molar-refractivity contribution in [1.82, 2.24) is 15.1 Å². The van der Waals surface area contributed by atoms with Crippen molar-refractivity contribution in [2.75, 3.05) is 13.2 Å². The van der Waals surface area contributed by atoms with Gasteiger partial charge in [-0.2, -0.15) is 5.10 Å². The van der Waals surface area contributed by atoms with Crippen LogP contribution in [0.4, 0.5) is 0 Å². The molecule has 2 rings (SSSR count). The molecule has 1 fully saturated rings. The van der Waals surface area contributed by atoms with Crippen LogP contribution in [0.15, 0.2) is 24.4 Å². The molecule has 6 nitrogen and oxygen atoms in total. The van der Waals surface area contributed by atoms with Crippen molar-refractivity contribution in [2.45, 2.75) is 12.8 Å². The number of aliphatic carboxylic acids is 1. The van der Waals surface area contributed by atoms with Gasteiger partial charge in [0.05, 0.1) is 12.3 Å². The molecule has 6 heteroatoms. The first kappa shape index (κ1) is 10.8. The molecule has 0 aliphatic carbocycles. The summed E-state index contributed by atoms with van der Waals surface area (Å²) >= 11 is 0. The molecule has 86 valence electrons. The summed E-state index contributed by atoms with van der Waals surface area (Å²) < 4.78 is 7.06. The molecular weight excluding hydrogens is 210 g/mol. The van der Waals surface area contributed by atoms with Crippen LogP contribution in [0.3, 0.4) is 0 Å². The van der Waals surface area contributed by atoms with E-state index in [1.165, 1.54) is 0 Å².